The molecule has 6 nitrogen and oxygen atoms in total. The number of likely N-dealkylation sites (tertiary alicyclic amines) is 1. The van der Waals surface area contributed by atoms with Gasteiger partial charge in [-0.05, 0) is 12.0 Å². The molecule has 1 aliphatic rings. The van der Waals surface area contributed by atoms with Gasteiger partial charge in [-0.2, -0.15) is 0 Å². The summed E-state index contributed by atoms with van der Waals surface area (Å²) < 4.78 is 0. The van der Waals surface area contributed by atoms with E-state index in [1.165, 1.54) is 0 Å². The van der Waals surface area contributed by atoms with Gasteiger partial charge in [-0.3, -0.25) is 14.5 Å². The normalized spacial score (nSPS) is 24.4. The molecule has 1 aliphatic heterocycles. The molecule has 1 fully saturated rings. The summed E-state index contributed by atoms with van der Waals surface area (Å²) in [7, 11) is 0. The molecule has 1 aromatic rings. The zero-order valence-corrected chi connectivity index (χ0v) is 11.0. The lowest BCUT2D eigenvalue weighted by molar-refractivity contribution is -0.142. The van der Waals surface area contributed by atoms with Crippen molar-refractivity contribution in [1.29, 1.82) is 0 Å². The number of hydrogen-bond acceptors (Lipinski definition) is 4. The molecule has 1 heterocycles. The summed E-state index contributed by atoms with van der Waals surface area (Å²) in [5.74, 6) is -2.63. The average Bonchev–Trinajstić information content (AvgIpc) is 2.80. The Labute approximate surface area is 116 Å². The van der Waals surface area contributed by atoms with Gasteiger partial charge in [0.05, 0.1) is 5.92 Å². The SMILES string of the molecule is NC1(C(=O)O)CCN(CC(C(=O)O)c2ccccc2)C1. The second-order valence-electron chi connectivity index (χ2n) is 5.25. The summed E-state index contributed by atoms with van der Waals surface area (Å²) in [5.41, 5.74) is 5.24. The maximum Gasteiger partial charge on any atom is 0.325 e. The van der Waals surface area contributed by atoms with E-state index in [2.05, 4.69) is 0 Å². The van der Waals surface area contributed by atoms with Crippen LogP contribution in [0.15, 0.2) is 30.3 Å². The van der Waals surface area contributed by atoms with Crippen LogP contribution < -0.4 is 5.73 Å². The van der Waals surface area contributed by atoms with Crippen LogP contribution in [0.3, 0.4) is 0 Å². The number of aliphatic carboxylic acids is 2. The second kappa shape index (κ2) is 5.60. The molecular formula is C14H18N2O4. The molecule has 1 saturated heterocycles. The van der Waals surface area contributed by atoms with Crippen LogP contribution in [0.25, 0.3) is 0 Å². The van der Waals surface area contributed by atoms with E-state index in [0.717, 1.165) is 0 Å². The van der Waals surface area contributed by atoms with Gasteiger partial charge in [0.2, 0.25) is 0 Å². The second-order valence-corrected chi connectivity index (χ2v) is 5.25. The van der Waals surface area contributed by atoms with Crippen molar-refractivity contribution in [3.05, 3.63) is 35.9 Å². The van der Waals surface area contributed by atoms with Crippen LogP contribution in [0.2, 0.25) is 0 Å². The minimum absolute atomic E-state index is 0.180. The van der Waals surface area contributed by atoms with Crippen molar-refractivity contribution in [2.75, 3.05) is 19.6 Å². The van der Waals surface area contributed by atoms with Crippen LogP contribution in [0.5, 0.6) is 0 Å². The molecular weight excluding hydrogens is 260 g/mol. The lowest BCUT2D eigenvalue weighted by Crippen LogP contribution is -2.50. The van der Waals surface area contributed by atoms with Crippen molar-refractivity contribution >= 4 is 11.9 Å². The minimum atomic E-state index is -1.26. The first-order chi connectivity index (χ1) is 9.42. The van der Waals surface area contributed by atoms with E-state index >= 15 is 0 Å². The van der Waals surface area contributed by atoms with E-state index in [9.17, 15) is 14.7 Å². The predicted molar refractivity (Wildman–Crippen MR) is 72.4 cm³/mol. The van der Waals surface area contributed by atoms with E-state index in [1.807, 2.05) is 6.07 Å². The molecule has 2 rings (SSSR count). The highest BCUT2D eigenvalue weighted by atomic mass is 16.4. The lowest BCUT2D eigenvalue weighted by Gasteiger charge is -2.23. The average molecular weight is 278 g/mol. The number of carboxylic acids is 2. The van der Waals surface area contributed by atoms with Crippen molar-refractivity contribution in [3.8, 4) is 0 Å². The van der Waals surface area contributed by atoms with Crippen LogP contribution in [-0.2, 0) is 9.59 Å². The molecule has 2 atom stereocenters. The summed E-state index contributed by atoms with van der Waals surface area (Å²) in [4.78, 5) is 24.3. The van der Waals surface area contributed by atoms with E-state index in [-0.39, 0.29) is 13.1 Å². The Kier molecular flexibility index (Phi) is 4.06. The Bertz CT molecular complexity index is 505. The number of nitrogens with zero attached hydrogens (tertiary/aromatic N) is 1. The summed E-state index contributed by atoms with van der Waals surface area (Å²) in [6, 6.07) is 8.94. The van der Waals surface area contributed by atoms with Crippen molar-refractivity contribution < 1.29 is 19.8 Å². The highest BCUT2D eigenvalue weighted by Crippen LogP contribution is 2.24. The van der Waals surface area contributed by atoms with Crippen molar-refractivity contribution in [2.45, 2.75) is 17.9 Å². The van der Waals surface area contributed by atoms with Gasteiger partial charge in [0.25, 0.3) is 0 Å². The third-order valence-corrected chi connectivity index (χ3v) is 3.75. The fourth-order valence-corrected chi connectivity index (χ4v) is 2.51. The Morgan fingerprint density at radius 3 is 2.45 bits per heavy atom. The Hall–Kier alpha value is -1.92. The molecule has 0 spiro atoms. The number of carbonyl (C=O) groups is 2. The molecule has 4 N–H and O–H groups in total. The first-order valence-electron chi connectivity index (χ1n) is 6.45. The molecule has 108 valence electrons. The largest absolute Gasteiger partial charge is 0.481 e. The van der Waals surface area contributed by atoms with E-state index < -0.39 is 23.4 Å². The Morgan fingerprint density at radius 1 is 1.30 bits per heavy atom. The molecule has 0 aromatic heterocycles. The van der Waals surface area contributed by atoms with E-state index in [1.54, 1.807) is 29.2 Å². The molecule has 0 amide bonds. The third-order valence-electron chi connectivity index (χ3n) is 3.75. The van der Waals surface area contributed by atoms with Gasteiger partial charge in [-0.1, -0.05) is 30.3 Å². The summed E-state index contributed by atoms with van der Waals surface area (Å²) in [6.45, 7) is 0.948. The minimum Gasteiger partial charge on any atom is -0.481 e. The highest BCUT2D eigenvalue weighted by Gasteiger charge is 2.42. The first-order valence-corrected chi connectivity index (χ1v) is 6.45. The van der Waals surface area contributed by atoms with Crippen LogP contribution >= 0.6 is 0 Å². The van der Waals surface area contributed by atoms with Crippen molar-refractivity contribution in [3.63, 3.8) is 0 Å². The predicted octanol–water partition coefficient (Wildman–Crippen LogP) is 0.343. The van der Waals surface area contributed by atoms with Crippen LogP contribution in [0.4, 0.5) is 0 Å². The fraction of sp³-hybridized carbons (Fsp3) is 0.429. The smallest absolute Gasteiger partial charge is 0.325 e. The van der Waals surface area contributed by atoms with Gasteiger partial charge < -0.3 is 15.9 Å². The molecule has 0 bridgehead atoms. The van der Waals surface area contributed by atoms with Gasteiger partial charge >= 0.3 is 11.9 Å². The zero-order valence-electron chi connectivity index (χ0n) is 11.0. The topological polar surface area (TPSA) is 104 Å². The summed E-state index contributed by atoms with van der Waals surface area (Å²) in [6.07, 6.45) is 0.337. The van der Waals surface area contributed by atoms with Crippen LogP contribution in [0, 0.1) is 0 Å². The number of nitrogens with two attached hydrogens (primary N) is 1. The summed E-state index contributed by atoms with van der Waals surface area (Å²) in [5, 5.41) is 18.4. The Balaban J connectivity index is 2.08. The monoisotopic (exact) mass is 278 g/mol. The number of hydrogen-bond donors (Lipinski definition) is 3. The third kappa shape index (κ3) is 2.97. The highest BCUT2D eigenvalue weighted by molar-refractivity contribution is 5.79. The summed E-state index contributed by atoms with van der Waals surface area (Å²) >= 11 is 0. The fourth-order valence-electron chi connectivity index (χ4n) is 2.51. The van der Waals surface area contributed by atoms with Crippen molar-refractivity contribution in [2.24, 2.45) is 5.73 Å². The molecule has 1 aromatic carbocycles. The van der Waals surface area contributed by atoms with Gasteiger partial charge in [0, 0.05) is 19.6 Å². The maximum atomic E-state index is 11.4. The standard InChI is InChI=1S/C14H18N2O4/c15-14(13(19)20)6-7-16(9-14)8-11(12(17)18)10-4-2-1-3-5-10/h1-5,11H,6-9,15H2,(H,17,18)(H,19,20). The van der Waals surface area contributed by atoms with Gasteiger partial charge in [0.1, 0.15) is 5.54 Å². The molecule has 0 aliphatic carbocycles. The molecule has 0 saturated carbocycles. The quantitative estimate of drug-likeness (QED) is 0.717. The van der Waals surface area contributed by atoms with E-state index in [4.69, 9.17) is 10.8 Å². The molecule has 0 radical (unpaired) electrons. The molecule has 6 heteroatoms. The van der Waals surface area contributed by atoms with Gasteiger partial charge in [-0.15, -0.1) is 0 Å². The molecule has 2 unspecified atom stereocenters. The first kappa shape index (κ1) is 14.5. The van der Waals surface area contributed by atoms with Gasteiger partial charge in [-0.25, -0.2) is 0 Å². The maximum absolute atomic E-state index is 11.4. The van der Waals surface area contributed by atoms with Gasteiger partial charge in [0.15, 0.2) is 0 Å². The Morgan fingerprint density at radius 2 is 1.95 bits per heavy atom. The number of rotatable bonds is 5. The van der Waals surface area contributed by atoms with Crippen LogP contribution in [0.1, 0.15) is 17.9 Å². The number of benzene rings is 1. The van der Waals surface area contributed by atoms with E-state index in [0.29, 0.717) is 18.5 Å². The molecule has 20 heavy (non-hydrogen) atoms. The lowest BCUT2D eigenvalue weighted by atomic mass is 9.98. The van der Waals surface area contributed by atoms with Crippen LogP contribution in [-0.4, -0.2) is 52.2 Å². The number of carboxylic acid groups (broad SMARTS) is 2. The zero-order chi connectivity index (χ0) is 14.8. The van der Waals surface area contributed by atoms with Crippen molar-refractivity contribution in [1.82, 2.24) is 4.90 Å².